The van der Waals surface area contributed by atoms with Crippen LogP contribution in [0.3, 0.4) is 0 Å². The number of nitrogens with zero attached hydrogens (tertiary/aromatic N) is 1. The molecule has 2 fully saturated rings. The Bertz CT molecular complexity index is 279. The molecule has 2 aliphatic carbocycles. The third kappa shape index (κ3) is 4.35. The molecule has 0 bridgehead atoms. The van der Waals surface area contributed by atoms with Crippen molar-refractivity contribution in [2.75, 3.05) is 20.1 Å². The summed E-state index contributed by atoms with van der Waals surface area (Å²) in [5.41, 5.74) is 5.78. The van der Waals surface area contributed by atoms with Gasteiger partial charge in [0.05, 0.1) is 0 Å². The number of hydrogen-bond acceptors (Lipinski definition) is 2. The van der Waals surface area contributed by atoms with Gasteiger partial charge < -0.3 is 10.6 Å². The van der Waals surface area contributed by atoms with Crippen LogP contribution in [0, 0.1) is 17.8 Å². The van der Waals surface area contributed by atoms with Crippen LogP contribution in [0.4, 0.5) is 0 Å². The van der Waals surface area contributed by atoms with Gasteiger partial charge in [-0.25, -0.2) is 0 Å². The molecule has 0 saturated heterocycles. The van der Waals surface area contributed by atoms with Crippen LogP contribution in [0.15, 0.2) is 0 Å². The molecular formula is C15H29ClN2O. The Balaban J connectivity index is 0.00000180. The Hall–Kier alpha value is -0.280. The van der Waals surface area contributed by atoms with Crippen molar-refractivity contribution in [3.8, 4) is 0 Å². The number of halogens is 1. The number of amides is 1. The number of carbonyl (C=O) groups excluding carboxylic acids is 1. The van der Waals surface area contributed by atoms with Gasteiger partial charge in [-0.05, 0) is 44.1 Å². The lowest BCUT2D eigenvalue weighted by atomic mass is 9.88. The van der Waals surface area contributed by atoms with Crippen LogP contribution in [0.25, 0.3) is 0 Å². The molecule has 0 aromatic rings. The van der Waals surface area contributed by atoms with Crippen molar-refractivity contribution in [1.82, 2.24) is 4.90 Å². The number of hydrogen-bond donors (Lipinski definition) is 1. The van der Waals surface area contributed by atoms with Crippen molar-refractivity contribution >= 4 is 18.3 Å². The first kappa shape index (κ1) is 16.8. The lowest BCUT2D eigenvalue weighted by Gasteiger charge is -2.30. The van der Waals surface area contributed by atoms with Crippen LogP contribution in [0.1, 0.15) is 51.4 Å². The molecule has 2 saturated carbocycles. The minimum Gasteiger partial charge on any atom is -0.345 e. The molecule has 0 unspecified atom stereocenters. The van der Waals surface area contributed by atoms with Crippen molar-refractivity contribution < 1.29 is 4.79 Å². The zero-order chi connectivity index (χ0) is 13.0. The van der Waals surface area contributed by atoms with E-state index < -0.39 is 0 Å². The lowest BCUT2D eigenvalue weighted by Crippen LogP contribution is -2.39. The Morgan fingerprint density at radius 1 is 1.11 bits per heavy atom. The molecule has 1 amide bonds. The molecule has 3 nitrogen and oxygen atoms in total. The Labute approximate surface area is 123 Å². The maximum absolute atomic E-state index is 12.5. The van der Waals surface area contributed by atoms with E-state index in [1.54, 1.807) is 0 Å². The first-order valence-corrected chi connectivity index (χ1v) is 7.67. The van der Waals surface area contributed by atoms with Crippen molar-refractivity contribution in [3.63, 3.8) is 0 Å². The van der Waals surface area contributed by atoms with Crippen LogP contribution in [-0.2, 0) is 4.79 Å². The van der Waals surface area contributed by atoms with Crippen molar-refractivity contribution in [3.05, 3.63) is 0 Å². The molecule has 2 rings (SSSR count). The van der Waals surface area contributed by atoms with Gasteiger partial charge in [0, 0.05) is 19.5 Å². The monoisotopic (exact) mass is 288 g/mol. The normalized spacial score (nSPS) is 27.9. The maximum atomic E-state index is 12.5. The summed E-state index contributed by atoms with van der Waals surface area (Å²) in [6, 6.07) is 0. The lowest BCUT2D eigenvalue weighted by molar-refractivity contribution is -0.136. The predicted molar refractivity (Wildman–Crippen MR) is 81.3 cm³/mol. The third-order valence-electron chi connectivity index (χ3n) is 4.91. The summed E-state index contributed by atoms with van der Waals surface area (Å²) in [5.74, 6) is 1.74. The molecule has 4 heteroatoms. The van der Waals surface area contributed by atoms with E-state index in [1.165, 1.54) is 38.5 Å². The van der Waals surface area contributed by atoms with E-state index in [4.69, 9.17) is 5.73 Å². The highest BCUT2D eigenvalue weighted by Crippen LogP contribution is 2.33. The molecule has 0 aromatic heterocycles. The maximum Gasteiger partial charge on any atom is 0.225 e. The van der Waals surface area contributed by atoms with Crippen LogP contribution >= 0.6 is 12.4 Å². The number of carbonyl (C=O) groups is 1. The van der Waals surface area contributed by atoms with E-state index in [1.807, 2.05) is 11.9 Å². The van der Waals surface area contributed by atoms with Gasteiger partial charge in [-0.1, -0.05) is 25.7 Å². The molecule has 2 N–H and O–H groups in total. The number of rotatable bonds is 4. The molecule has 0 radical (unpaired) electrons. The summed E-state index contributed by atoms with van der Waals surface area (Å²) < 4.78 is 0. The fourth-order valence-corrected chi connectivity index (χ4v) is 3.77. The van der Waals surface area contributed by atoms with Gasteiger partial charge in [0.2, 0.25) is 5.91 Å². The highest BCUT2D eigenvalue weighted by Gasteiger charge is 2.34. The van der Waals surface area contributed by atoms with Gasteiger partial charge in [0.1, 0.15) is 0 Å². The Kier molecular flexibility index (Phi) is 7.16. The SMILES string of the molecule is CN(CC1CCCCC1)C(=O)[C@@H]1CCC[C@@H]1CN.Cl. The van der Waals surface area contributed by atoms with Crippen LogP contribution in [0.5, 0.6) is 0 Å². The second-order valence-electron chi connectivity index (χ2n) is 6.26. The summed E-state index contributed by atoms with van der Waals surface area (Å²) in [7, 11) is 1.99. The summed E-state index contributed by atoms with van der Waals surface area (Å²) in [6.45, 7) is 1.64. The van der Waals surface area contributed by atoms with E-state index in [0.29, 0.717) is 18.4 Å². The smallest absolute Gasteiger partial charge is 0.225 e. The highest BCUT2D eigenvalue weighted by atomic mass is 35.5. The molecule has 2 aliphatic rings. The van der Waals surface area contributed by atoms with Gasteiger partial charge in [0.25, 0.3) is 0 Å². The molecule has 0 spiro atoms. The van der Waals surface area contributed by atoms with Crippen molar-refractivity contribution in [2.45, 2.75) is 51.4 Å². The molecule has 112 valence electrons. The number of nitrogens with two attached hydrogens (primary N) is 1. The van der Waals surface area contributed by atoms with Crippen LogP contribution in [-0.4, -0.2) is 30.9 Å². The van der Waals surface area contributed by atoms with Gasteiger partial charge in [-0.3, -0.25) is 4.79 Å². The molecule has 0 aliphatic heterocycles. The van der Waals surface area contributed by atoms with Crippen LogP contribution in [0.2, 0.25) is 0 Å². The van der Waals surface area contributed by atoms with Crippen molar-refractivity contribution in [2.24, 2.45) is 23.5 Å². The second-order valence-corrected chi connectivity index (χ2v) is 6.26. The molecular weight excluding hydrogens is 260 g/mol. The molecule has 0 aromatic carbocycles. The van der Waals surface area contributed by atoms with Crippen molar-refractivity contribution in [1.29, 1.82) is 0 Å². The topological polar surface area (TPSA) is 46.3 Å². The van der Waals surface area contributed by atoms with Gasteiger partial charge in [-0.15, -0.1) is 12.4 Å². The van der Waals surface area contributed by atoms with Gasteiger partial charge in [0.15, 0.2) is 0 Å². The first-order valence-electron chi connectivity index (χ1n) is 7.67. The van der Waals surface area contributed by atoms with Crippen LogP contribution < -0.4 is 5.73 Å². The van der Waals surface area contributed by atoms with E-state index in [0.717, 1.165) is 25.3 Å². The minimum atomic E-state index is 0. The minimum absolute atomic E-state index is 0. The summed E-state index contributed by atoms with van der Waals surface area (Å²) >= 11 is 0. The average molecular weight is 289 g/mol. The molecule has 0 heterocycles. The molecule has 2 atom stereocenters. The largest absolute Gasteiger partial charge is 0.345 e. The van der Waals surface area contributed by atoms with E-state index in [-0.39, 0.29) is 18.3 Å². The average Bonchev–Trinajstić information content (AvgIpc) is 2.87. The zero-order valence-corrected chi connectivity index (χ0v) is 13.0. The standard InChI is InChI=1S/C15H28N2O.ClH/c1-17(11-12-6-3-2-4-7-12)15(18)14-9-5-8-13(14)10-16;/h12-14H,2-11,16H2,1H3;1H/t13-,14-;/m1./s1. The quantitative estimate of drug-likeness (QED) is 0.865. The van der Waals surface area contributed by atoms with E-state index in [2.05, 4.69) is 0 Å². The summed E-state index contributed by atoms with van der Waals surface area (Å²) in [6.07, 6.45) is 10.1. The first-order chi connectivity index (χ1) is 8.72. The fourth-order valence-electron chi connectivity index (χ4n) is 3.77. The summed E-state index contributed by atoms with van der Waals surface area (Å²) in [4.78, 5) is 14.5. The second kappa shape index (κ2) is 8.11. The Morgan fingerprint density at radius 2 is 1.79 bits per heavy atom. The highest BCUT2D eigenvalue weighted by molar-refractivity contribution is 5.85. The van der Waals surface area contributed by atoms with E-state index >= 15 is 0 Å². The third-order valence-corrected chi connectivity index (χ3v) is 4.91. The Morgan fingerprint density at radius 3 is 2.42 bits per heavy atom. The zero-order valence-electron chi connectivity index (χ0n) is 12.1. The van der Waals surface area contributed by atoms with E-state index in [9.17, 15) is 4.79 Å². The predicted octanol–water partition coefficient (Wildman–Crippen LogP) is 2.82. The fraction of sp³-hybridized carbons (Fsp3) is 0.933. The summed E-state index contributed by atoms with van der Waals surface area (Å²) in [5, 5.41) is 0. The van der Waals surface area contributed by atoms with Gasteiger partial charge in [-0.2, -0.15) is 0 Å². The molecule has 19 heavy (non-hydrogen) atoms. The van der Waals surface area contributed by atoms with Gasteiger partial charge >= 0.3 is 0 Å².